The van der Waals surface area contributed by atoms with Crippen LogP contribution in [0.4, 0.5) is 5.69 Å². The molecular weight excluding hydrogens is 518 g/mol. The lowest BCUT2D eigenvalue weighted by Gasteiger charge is -2.27. The van der Waals surface area contributed by atoms with Gasteiger partial charge in [-0.15, -0.1) is 11.3 Å². The Morgan fingerprint density at radius 3 is 2.53 bits per heavy atom. The molecule has 38 heavy (non-hydrogen) atoms. The molecule has 1 aliphatic rings. The third-order valence-corrected chi connectivity index (χ3v) is 7.97. The number of carbonyl (C=O) groups is 2. The summed E-state index contributed by atoms with van der Waals surface area (Å²) in [7, 11) is 1.58. The van der Waals surface area contributed by atoms with Crippen LogP contribution in [0.25, 0.3) is 16.7 Å². The van der Waals surface area contributed by atoms with E-state index in [1.807, 2.05) is 36.6 Å². The number of aryl methyl sites for hydroxylation is 1. The Morgan fingerprint density at radius 1 is 1.00 bits per heavy atom. The fourth-order valence-electron chi connectivity index (χ4n) is 4.62. The third kappa shape index (κ3) is 5.23. The van der Waals surface area contributed by atoms with Crippen molar-refractivity contribution < 1.29 is 23.8 Å². The number of carbonyl (C=O) groups excluding carboxylic acids is 2. The highest BCUT2D eigenvalue weighted by Crippen LogP contribution is 2.42. The van der Waals surface area contributed by atoms with Gasteiger partial charge in [-0.3, -0.25) is 0 Å². The molecule has 5 rings (SSSR count). The number of nitrogens with one attached hydrogen (secondary N) is 1. The highest BCUT2D eigenvalue weighted by molar-refractivity contribution is 7.13. The van der Waals surface area contributed by atoms with Gasteiger partial charge in [0.25, 0.3) is 0 Å². The van der Waals surface area contributed by atoms with Gasteiger partial charge in [0.05, 0.1) is 12.7 Å². The van der Waals surface area contributed by atoms with Crippen LogP contribution in [0, 0.1) is 6.92 Å². The van der Waals surface area contributed by atoms with E-state index in [1.165, 1.54) is 22.7 Å². The Balaban J connectivity index is 1.53. The Hall–Kier alpha value is -3.88. The van der Waals surface area contributed by atoms with E-state index >= 15 is 0 Å². The maximum atomic E-state index is 12.8. The molecule has 0 bridgehead atoms. The normalized spacial score (nSPS) is 14.2. The lowest BCUT2D eigenvalue weighted by molar-refractivity contribution is 0.0478. The summed E-state index contributed by atoms with van der Waals surface area (Å²) in [5, 5.41) is 7.08. The summed E-state index contributed by atoms with van der Waals surface area (Å²) in [6.45, 7) is 6.21. The highest BCUT2D eigenvalue weighted by Gasteiger charge is 2.24. The SMILES string of the molecule is COc1cc(OC(=O)c2ccsc2)ccc1-c1ccc2c(c1COC(=O)c1ccc(C)s1)C(C)=CC(C)N2. The number of methoxy groups -OCH3 is 1. The van der Waals surface area contributed by atoms with E-state index in [-0.39, 0.29) is 18.6 Å². The molecule has 1 N–H and O–H groups in total. The van der Waals surface area contributed by atoms with Crippen LogP contribution in [0.3, 0.4) is 0 Å². The van der Waals surface area contributed by atoms with Crippen molar-refractivity contribution in [1.82, 2.24) is 0 Å². The van der Waals surface area contributed by atoms with Crippen molar-refractivity contribution in [2.45, 2.75) is 33.4 Å². The first-order chi connectivity index (χ1) is 18.3. The Kier molecular flexibility index (Phi) is 7.35. The van der Waals surface area contributed by atoms with Gasteiger partial charge < -0.3 is 19.5 Å². The number of hydrogen-bond donors (Lipinski definition) is 1. The standard InChI is InChI=1S/C30H27NO5S2/c1-17-13-18(2)31-25-9-8-22(24(28(17)25)15-35-30(33)27-10-5-19(3)38-27)23-7-6-21(14-26(23)34-4)36-29(32)20-11-12-37-16-20/h5-14,16,18,31H,15H2,1-4H3. The number of allylic oxidation sites excluding steroid dienone is 1. The zero-order valence-electron chi connectivity index (χ0n) is 21.5. The number of esters is 2. The van der Waals surface area contributed by atoms with Crippen LogP contribution in [-0.2, 0) is 11.3 Å². The molecule has 2 aromatic heterocycles. The Morgan fingerprint density at radius 2 is 1.82 bits per heavy atom. The molecule has 2 aromatic carbocycles. The van der Waals surface area contributed by atoms with Gasteiger partial charge in [0.15, 0.2) is 0 Å². The van der Waals surface area contributed by atoms with Crippen LogP contribution in [0.5, 0.6) is 11.5 Å². The van der Waals surface area contributed by atoms with E-state index < -0.39 is 5.97 Å². The number of anilines is 1. The number of ether oxygens (including phenoxy) is 3. The first kappa shape index (κ1) is 25.8. The molecule has 3 heterocycles. The van der Waals surface area contributed by atoms with E-state index in [0.29, 0.717) is 21.9 Å². The van der Waals surface area contributed by atoms with Crippen LogP contribution in [0.15, 0.2) is 65.4 Å². The predicted molar refractivity (Wildman–Crippen MR) is 153 cm³/mol. The fourth-order valence-corrected chi connectivity index (χ4v) is 6.01. The van der Waals surface area contributed by atoms with Gasteiger partial charge in [-0.1, -0.05) is 12.1 Å². The lowest BCUT2D eigenvalue weighted by atomic mass is 9.88. The van der Waals surface area contributed by atoms with Gasteiger partial charge in [0.1, 0.15) is 23.0 Å². The molecule has 1 unspecified atom stereocenters. The first-order valence-electron chi connectivity index (χ1n) is 12.1. The minimum Gasteiger partial charge on any atom is -0.496 e. The number of thiophene rings is 2. The van der Waals surface area contributed by atoms with Crippen LogP contribution >= 0.6 is 22.7 Å². The first-order valence-corrected chi connectivity index (χ1v) is 13.9. The maximum Gasteiger partial charge on any atom is 0.348 e. The van der Waals surface area contributed by atoms with E-state index in [9.17, 15) is 9.59 Å². The predicted octanol–water partition coefficient (Wildman–Crippen LogP) is 7.59. The zero-order valence-corrected chi connectivity index (χ0v) is 23.1. The molecule has 0 aliphatic carbocycles. The fraction of sp³-hybridized carbons (Fsp3) is 0.200. The zero-order chi connectivity index (χ0) is 26.8. The molecule has 0 saturated carbocycles. The van der Waals surface area contributed by atoms with Crippen molar-refractivity contribution in [1.29, 1.82) is 0 Å². The molecule has 4 aromatic rings. The van der Waals surface area contributed by atoms with Gasteiger partial charge in [0.2, 0.25) is 0 Å². The van der Waals surface area contributed by atoms with E-state index in [2.05, 4.69) is 25.2 Å². The van der Waals surface area contributed by atoms with Crippen molar-refractivity contribution in [2.24, 2.45) is 0 Å². The summed E-state index contributed by atoms with van der Waals surface area (Å²) in [6, 6.07) is 15.0. The van der Waals surface area contributed by atoms with Crippen molar-refractivity contribution >= 4 is 45.9 Å². The molecule has 1 atom stereocenters. The molecule has 6 nitrogen and oxygen atoms in total. The Labute approximate surface area is 229 Å². The minimum absolute atomic E-state index is 0.0908. The van der Waals surface area contributed by atoms with Gasteiger partial charge in [0, 0.05) is 44.7 Å². The molecular formula is C30H27NO5S2. The van der Waals surface area contributed by atoms with Gasteiger partial charge >= 0.3 is 11.9 Å². The van der Waals surface area contributed by atoms with Gasteiger partial charge in [-0.2, -0.15) is 11.3 Å². The van der Waals surface area contributed by atoms with Crippen molar-refractivity contribution in [2.75, 3.05) is 12.4 Å². The summed E-state index contributed by atoms with van der Waals surface area (Å²) in [5.41, 5.74) is 6.14. The van der Waals surface area contributed by atoms with Crippen LogP contribution in [0.1, 0.15) is 49.9 Å². The lowest BCUT2D eigenvalue weighted by Crippen LogP contribution is -2.19. The number of rotatable bonds is 7. The molecule has 0 fully saturated rings. The van der Waals surface area contributed by atoms with Crippen molar-refractivity contribution in [3.05, 3.63) is 91.8 Å². The minimum atomic E-state index is -0.424. The number of fused-ring (bicyclic) bond motifs is 1. The topological polar surface area (TPSA) is 73.9 Å². The monoisotopic (exact) mass is 545 g/mol. The Bertz CT molecular complexity index is 1530. The molecule has 1 aliphatic heterocycles. The molecule has 0 spiro atoms. The van der Waals surface area contributed by atoms with E-state index in [0.717, 1.165) is 38.4 Å². The second-order valence-corrected chi connectivity index (χ2v) is 11.1. The largest absolute Gasteiger partial charge is 0.496 e. The second kappa shape index (κ2) is 10.8. The highest BCUT2D eigenvalue weighted by atomic mass is 32.1. The average Bonchev–Trinajstić information content (AvgIpc) is 3.59. The van der Waals surface area contributed by atoms with Gasteiger partial charge in [-0.25, -0.2) is 9.59 Å². The summed E-state index contributed by atoms with van der Waals surface area (Å²) in [4.78, 5) is 26.9. The third-order valence-electron chi connectivity index (χ3n) is 6.31. The smallest absolute Gasteiger partial charge is 0.348 e. The molecule has 8 heteroatoms. The van der Waals surface area contributed by atoms with Gasteiger partial charge in [-0.05, 0) is 73.7 Å². The number of hydrogen-bond acceptors (Lipinski definition) is 8. The summed E-state index contributed by atoms with van der Waals surface area (Å²) in [5.74, 6) is 0.147. The van der Waals surface area contributed by atoms with E-state index in [1.54, 1.807) is 36.8 Å². The van der Waals surface area contributed by atoms with E-state index in [4.69, 9.17) is 14.2 Å². The average molecular weight is 546 g/mol. The summed E-state index contributed by atoms with van der Waals surface area (Å²) >= 11 is 2.85. The molecule has 0 saturated heterocycles. The number of benzene rings is 2. The second-order valence-electron chi connectivity index (χ2n) is 9.05. The quantitative estimate of drug-likeness (QED) is 0.191. The van der Waals surface area contributed by atoms with Crippen LogP contribution in [-0.4, -0.2) is 25.1 Å². The van der Waals surface area contributed by atoms with Crippen molar-refractivity contribution in [3.63, 3.8) is 0 Å². The summed E-state index contributed by atoms with van der Waals surface area (Å²) < 4.78 is 17.1. The molecule has 0 radical (unpaired) electrons. The summed E-state index contributed by atoms with van der Waals surface area (Å²) in [6.07, 6.45) is 2.16. The van der Waals surface area contributed by atoms with Crippen LogP contribution < -0.4 is 14.8 Å². The van der Waals surface area contributed by atoms with Crippen molar-refractivity contribution in [3.8, 4) is 22.6 Å². The van der Waals surface area contributed by atoms with Crippen LogP contribution in [0.2, 0.25) is 0 Å². The molecule has 0 amide bonds. The maximum absolute atomic E-state index is 12.8. The molecule has 194 valence electrons.